The van der Waals surface area contributed by atoms with Gasteiger partial charge in [-0.25, -0.2) is 4.39 Å². The normalized spacial score (nSPS) is 9.50. The van der Waals surface area contributed by atoms with Gasteiger partial charge in [0.15, 0.2) is 5.11 Å². The highest BCUT2D eigenvalue weighted by Gasteiger charge is 2.04. The van der Waals surface area contributed by atoms with Crippen molar-refractivity contribution in [2.75, 3.05) is 3.93 Å². The molecular weight excluding hydrogens is 243 g/mol. The second-order valence-corrected chi connectivity index (χ2v) is 3.23. The standard InChI is InChI=1S/C7H6BrFN2S/c8-11(7(10)12)6-3-1-2-5(9)4-6/h1-4H,(H2,10,12). The number of nitrogens with zero attached hydrogens (tertiary/aromatic N) is 1. The largest absolute Gasteiger partial charge is 0.375 e. The molecule has 64 valence electrons. The molecule has 0 bridgehead atoms. The number of anilines is 1. The molecule has 0 aliphatic rings. The number of hydrogen-bond donors (Lipinski definition) is 1. The molecule has 1 rings (SSSR count). The summed E-state index contributed by atoms with van der Waals surface area (Å²) in [6.45, 7) is 0. The zero-order chi connectivity index (χ0) is 9.14. The van der Waals surface area contributed by atoms with E-state index >= 15 is 0 Å². The van der Waals surface area contributed by atoms with Gasteiger partial charge < -0.3 is 5.73 Å². The number of halogens is 2. The zero-order valence-corrected chi connectivity index (χ0v) is 8.40. The van der Waals surface area contributed by atoms with E-state index in [9.17, 15) is 4.39 Å². The highest BCUT2D eigenvalue weighted by atomic mass is 79.9. The molecular formula is C7H6BrFN2S. The number of nitrogens with two attached hydrogens (primary N) is 1. The number of rotatable bonds is 1. The molecule has 0 amide bonds. The Labute approximate surface area is 83.5 Å². The molecule has 1 aromatic rings. The molecule has 2 N–H and O–H groups in total. The molecule has 0 atom stereocenters. The lowest BCUT2D eigenvalue weighted by atomic mass is 10.3. The Balaban J connectivity index is 2.95. The fourth-order valence-electron chi connectivity index (χ4n) is 0.725. The van der Waals surface area contributed by atoms with Crippen molar-refractivity contribution in [1.29, 1.82) is 0 Å². The number of hydrogen-bond acceptors (Lipinski definition) is 1. The third-order valence-electron chi connectivity index (χ3n) is 1.23. The van der Waals surface area contributed by atoms with Gasteiger partial charge in [-0.05, 0) is 30.4 Å². The lowest BCUT2D eigenvalue weighted by molar-refractivity contribution is 0.628. The second kappa shape index (κ2) is 3.82. The van der Waals surface area contributed by atoms with Crippen molar-refractivity contribution in [1.82, 2.24) is 0 Å². The van der Waals surface area contributed by atoms with Crippen molar-refractivity contribution in [3.05, 3.63) is 30.1 Å². The highest BCUT2D eigenvalue weighted by Crippen LogP contribution is 2.18. The molecule has 0 heterocycles. The Morgan fingerprint density at radius 3 is 2.75 bits per heavy atom. The Morgan fingerprint density at radius 2 is 2.25 bits per heavy atom. The maximum atomic E-state index is 12.7. The maximum absolute atomic E-state index is 12.7. The molecule has 0 spiro atoms. The molecule has 0 aliphatic heterocycles. The Morgan fingerprint density at radius 1 is 1.58 bits per heavy atom. The Hall–Kier alpha value is -0.680. The van der Waals surface area contributed by atoms with Crippen molar-refractivity contribution < 1.29 is 4.39 Å². The van der Waals surface area contributed by atoms with Gasteiger partial charge in [-0.2, -0.15) is 0 Å². The summed E-state index contributed by atoms with van der Waals surface area (Å²) in [4.78, 5) is 0. The van der Waals surface area contributed by atoms with E-state index in [4.69, 9.17) is 5.73 Å². The molecule has 5 heteroatoms. The molecule has 0 aromatic heterocycles. The fraction of sp³-hybridized carbons (Fsp3) is 0. The van der Waals surface area contributed by atoms with Gasteiger partial charge >= 0.3 is 0 Å². The fourth-order valence-corrected chi connectivity index (χ4v) is 1.05. The highest BCUT2D eigenvalue weighted by molar-refractivity contribution is 9.10. The Bertz CT molecular complexity index is 305. The topological polar surface area (TPSA) is 29.3 Å². The molecule has 0 unspecified atom stereocenters. The van der Waals surface area contributed by atoms with Crippen molar-refractivity contribution in [3.63, 3.8) is 0 Å². The van der Waals surface area contributed by atoms with Crippen molar-refractivity contribution in [3.8, 4) is 0 Å². The van der Waals surface area contributed by atoms with Crippen LogP contribution in [-0.4, -0.2) is 5.11 Å². The van der Waals surface area contributed by atoms with E-state index in [-0.39, 0.29) is 10.9 Å². The summed E-state index contributed by atoms with van der Waals surface area (Å²) in [5, 5.41) is 0.139. The minimum absolute atomic E-state index is 0.139. The van der Waals surface area contributed by atoms with Gasteiger partial charge in [0.2, 0.25) is 0 Å². The van der Waals surface area contributed by atoms with E-state index in [0.717, 1.165) is 0 Å². The molecule has 0 fully saturated rings. The Kier molecular flexibility index (Phi) is 2.99. The molecule has 0 aliphatic carbocycles. The molecule has 0 saturated carbocycles. The predicted molar refractivity (Wildman–Crippen MR) is 54.6 cm³/mol. The smallest absolute Gasteiger partial charge is 0.181 e. The SMILES string of the molecule is NC(=S)N(Br)c1cccc(F)c1. The van der Waals surface area contributed by atoms with Crippen LogP contribution < -0.4 is 9.66 Å². The van der Waals surface area contributed by atoms with Crippen molar-refractivity contribution >= 4 is 39.2 Å². The van der Waals surface area contributed by atoms with E-state index in [1.54, 1.807) is 12.1 Å². The van der Waals surface area contributed by atoms with Crippen molar-refractivity contribution in [2.24, 2.45) is 5.73 Å². The monoisotopic (exact) mass is 248 g/mol. The summed E-state index contributed by atoms with van der Waals surface area (Å²) in [5.74, 6) is -0.326. The van der Waals surface area contributed by atoms with Crippen LogP contribution in [0.2, 0.25) is 0 Å². The number of benzene rings is 1. The zero-order valence-electron chi connectivity index (χ0n) is 6.00. The van der Waals surface area contributed by atoms with Gasteiger partial charge in [0, 0.05) is 0 Å². The first kappa shape index (κ1) is 9.41. The third-order valence-corrected chi connectivity index (χ3v) is 2.44. The molecule has 0 saturated heterocycles. The minimum atomic E-state index is -0.326. The van der Waals surface area contributed by atoms with Crippen LogP contribution in [0.3, 0.4) is 0 Å². The summed E-state index contributed by atoms with van der Waals surface area (Å²) >= 11 is 7.76. The average Bonchev–Trinajstić information content (AvgIpc) is 2.03. The van der Waals surface area contributed by atoms with Crippen LogP contribution in [0.15, 0.2) is 24.3 Å². The number of thiocarbonyl (C=S) groups is 1. The van der Waals surface area contributed by atoms with Crippen LogP contribution in [-0.2, 0) is 0 Å². The first-order chi connectivity index (χ1) is 5.61. The molecule has 2 nitrogen and oxygen atoms in total. The van der Waals surface area contributed by atoms with Gasteiger partial charge in [-0.1, -0.05) is 6.07 Å². The van der Waals surface area contributed by atoms with Crippen LogP contribution in [0, 0.1) is 5.82 Å². The van der Waals surface area contributed by atoms with E-state index in [1.807, 2.05) is 0 Å². The van der Waals surface area contributed by atoms with Gasteiger partial charge in [0.05, 0.1) is 21.8 Å². The quantitative estimate of drug-likeness (QED) is 0.611. The molecule has 0 radical (unpaired) electrons. The van der Waals surface area contributed by atoms with Gasteiger partial charge in [-0.3, -0.25) is 3.93 Å². The molecule has 1 aromatic carbocycles. The second-order valence-electron chi connectivity index (χ2n) is 2.10. The van der Waals surface area contributed by atoms with Crippen LogP contribution >= 0.6 is 28.4 Å². The van der Waals surface area contributed by atoms with Gasteiger partial charge in [0.1, 0.15) is 5.82 Å². The van der Waals surface area contributed by atoms with E-state index < -0.39 is 0 Å². The van der Waals surface area contributed by atoms with E-state index in [1.165, 1.54) is 16.1 Å². The van der Waals surface area contributed by atoms with Gasteiger partial charge in [0.25, 0.3) is 0 Å². The van der Waals surface area contributed by atoms with Crippen LogP contribution in [0.1, 0.15) is 0 Å². The summed E-state index contributed by atoms with van der Waals surface area (Å²) in [5.41, 5.74) is 5.88. The van der Waals surface area contributed by atoms with E-state index in [2.05, 4.69) is 28.4 Å². The van der Waals surface area contributed by atoms with E-state index in [0.29, 0.717) is 5.69 Å². The first-order valence-corrected chi connectivity index (χ1v) is 4.24. The van der Waals surface area contributed by atoms with Crippen LogP contribution in [0.5, 0.6) is 0 Å². The van der Waals surface area contributed by atoms with Crippen LogP contribution in [0.25, 0.3) is 0 Å². The lowest BCUT2D eigenvalue weighted by Gasteiger charge is -2.13. The minimum Gasteiger partial charge on any atom is -0.375 e. The average molecular weight is 249 g/mol. The first-order valence-electron chi connectivity index (χ1n) is 3.12. The summed E-state index contributed by atoms with van der Waals surface area (Å²) < 4.78 is 14.0. The molecule has 12 heavy (non-hydrogen) atoms. The maximum Gasteiger partial charge on any atom is 0.181 e. The van der Waals surface area contributed by atoms with Crippen molar-refractivity contribution in [2.45, 2.75) is 0 Å². The summed E-state index contributed by atoms with van der Waals surface area (Å²) in [7, 11) is 0. The van der Waals surface area contributed by atoms with Gasteiger partial charge in [-0.15, -0.1) is 0 Å². The summed E-state index contributed by atoms with van der Waals surface area (Å²) in [6, 6.07) is 5.95. The summed E-state index contributed by atoms with van der Waals surface area (Å²) in [6.07, 6.45) is 0. The third kappa shape index (κ3) is 2.15. The lowest BCUT2D eigenvalue weighted by Crippen LogP contribution is -2.26. The predicted octanol–water partition coefficient (Wildman–Crippen LogP) is 2.19. The van der Waals surface area contributed by atoms with Crippen LogP contribution in [0.4, 0.5) is 10.1 Å².